The van der Waals surface area contributed by atoms with Crippen LogP contribution in [0.4, 0.5) is 0 Å². The van der Waals surface area contributed by atoms with E-state index in [0.717, 1.165) is 37.4 Å². The Morgan fingerprint density at radius 2 is 2.16 bits per heavy atom. The third-order valence-electron chi connectivity index (χ3n) is 5.11. The van der Waals surface area contributed by atoms with E-state index < -0.39 is 0 Å². The average Bonchev–Trinajstić information content (AvgIpc) is 3.06. The highest BCUT2D eigenvalue weighted by Crippen LogP contribution is 2.26. The molecule has 4 rings (SSSR count). The summed E-state index contributed by atoms with van der Waals surface area (Å²) in [4.78, 5) is 22.2. The summed E-state index contributed by atoms with van der Waals surface area (Å²) in [7, 11) is 2.01. The highest BCUT2D eigenvalue weighted by Gasteiger charge is 2.23. The quantitative estimate of drug-likeness (QED) is 0.791. The molecule has 1 fully saturated rings. The summed E-state index contributed by atoms with van der Waals surface area (Å²) < 4.78 is 1.98. The van der Waals surface area contributed by atoms with Gasteiger partial charge in [-0.25, -0.2) is 4.98 Å². The van der Waals surface area contributed by atoms with Crippen LogP contribution in [0, 0.1) is 0 Å². The number of rotatable bonds is 4. The van der Waals surface area contributed by atoms with Gasteiger partial charge in [0.2, 0.25) is 0 Å². The maximum atomic E-state index is 12.2. The largest absolute Gasteiger partial charge is 0.310 e. The van der Waals surface area contributed by atoms with Crippen molar-refractivity contribution >= 4 is 10.9 Å². The van der Waals surface area contributed by atoms with E-state index in [1.807, 2.05) is 42.2 Å². The topological polar surface area (TPSA) is 66.8 Å². The van der Waals surface area contributed by atoms with Crippen LogP contribution in [0.3, 0.4) is 0 Å². The third kappa shape index (κ3) is 3.35. The van der Waals surface area contributed by atoms with Crippen LogP contribution < -0.4 is 5.56 Å². The Morgan fingerprint density at radius 3 is 3.00 bits per heavy atom. The summed E-state index contributed by atoms with van der Waals surface area (Å²) in [6.07, 6.45) is 5.04. The van der Waals surface area contributed by atoms with E-state index in [-0.39, 0.29) is 5.56 Å². The highest BCUT2D eigenvalue weighted by atomic mass is 16.1. The number of hydrogen-bond donors (Lipinski definition) is 1. The number of fused-ring (bicyclic) bond motifs is 1. The van der Waals surface area contributed by atoms with Crippen molar-refractivity contribution in [2.75, 3.05) is 19.6 Å². The van der Waals surface area contributed by atoms with Crippen molar-refractivity contribution in [3.63, 3.8) is 0 Å². The van der Waals surface area contributed by atoms with Crippen molar-refractivity contribution in [1.82, 2.24) is 24.6 Å². The molecule has 3 aromatic rings. The van der Waals surface area contributed by atoms with Crippen LogP contribution in [0.1, 0.15) is 30.3 Å². The second-order valence-corrected chi connectivity index (χ2v) is 6.80. The Balaban J connectivity index is 1.44. The van der Waals surface area contributed by atoms with Crippen molar-refractivity contribution in [2.45, 2.75) is 25.2 Å². The minimum atomic E-state index is -0.0491. The van der Waals surface area contributed by atoms with Gasteiger partial charge in [0.05, 0.1) is 10.9 Å². The molecule has 1 aromatic carbocycles. The van der Waals surface area contributed by atoms with Crippen LogP contribution in [0.2, 0.25) is 0 Å². The zero-order chi connectivity index (χ0) is 17.2. The summed E-state index contributed by atoms with van der Waals surface area (Å²) in [5.41, 5.74) is 2.03. The van der Waals surface area contributed by atoms with Crippen LogP contribution in [0.25, 0.3) is 10.9 Å². The molecule has 0 unspecified atom stereocenters. The van der Waals surface area contributed by atoms with Gasteiger partial charge in [-0.05, 0) is 37.6 Å². The second kappa shape index (κ2) is 6.80. The number of H-pyrrole nitrogens is 1. The fourth-order valence-corrected chi connectivity index (χ4v) is 3.80. The van der Waals surface area contributed by atoms with Crippen molar-refractivity contribution in [3.8, 4) is 0 Å². The van der Waals surface area contributed by atoms with Gasteiger partial charge in [0.25, 0.3) is 5.56 Å². The molecule has 0 radical (unpaired) electrons. The van der Waals surface area contributed by atoms with Gasteiger partial charge in [-0.1, -0.05) is 12.1 Å². The van der Waals surface area contributed by atoms with Gasteiger partial charge in [0, 0.05) is 44.4 Å². The predicted octanol–water partition coefficient (Wildman–Crippen LogP) is 2.08. The predicted molar refractivity (Wildman–Crippen MR) is 97.7 cm³/mol. The number of hydrogen-bond acceptors (Lipinski definition) is 4. The molecule has 2 aromatic heterocycles. The Kier molecular flexibility index (Phi) is 4.36. The molecule has 0 amide bonds. The molecule has 6 nitrogen and oxygen atoms in total. The van der Waals surface area contributed by atoms with Gasteiger partial charge in [-0.2, -0.15) is 5.10 Å². The number of aromatic nitrogens is 4. The molecule has 0 bridgehead atoms. The SMILES string of the molecule is Cn1nccc1[C@H]1CCCN(CCc2nc3ccccc3c(=O)[nH]2)C1. The molecule has 3 heterocycles. The van der Waals surface area contributed by atoms with Crippen LogP contribution in [-0.2, 0) is 13.5 Å². The van der Waals surface area contributed by atoms with Gasteiger partial charge in [-0.15, -0.1) is 0 Å². The van der Waals surface area contributed by atoms with E-state index >= 15 is 0 Å². The van der Waals surface area contributed by atoms with E-state index in [1.165, 1.54) is 18.5 Å². The van der Waals surface area contributed by atoms with E-state index in [4.69, 9.17) is 0 Å². The molecule has 25 heavy (non-hydrogen) atoms. The molecule has 0 spiro atoms. The minimum Gasteiger partial charge on any atom is -0.310 e. The number of aromatic amines is 1. The minimum absolute atomic E-state index is 0.0491. The molecule has 130 valence electrons. The van der Waals surface area contributed by atoms with Gasteiger partial charge in [0.1, 0.15) is 5.82 Å². The summed E-state index contributed by atoms with van der Waals surface area (Å²) in [5, 5.41) is 4.95. The van der Waals surface area contributed by atoms with Crippen molar-refractivity contribution in [3.05, 3.63) is 58.4 Å². The number of aryl methyl sites for hydroxylation is 1. The zero-order valence-electron chi connectivity index (χ0n) is 14.5. The first-order valence-electron chi connectivity index (χ1n) is 8.89. The third-order valence-corrected chi connectivity index (χ3v) is 5.11. The van der Waals surface area contributed by atoms with Gasteiger partial charge in [0.15, 0.2) is 0 Å². The molecule has 1 aliphatic rings. The maximum Gasteiger partial charge on any atom is 0.258 e. The lowest BCUT2D eigenvalue weighted by molar-refractivity contribution is 0.205. The molecule has 1 saturated heterocycles. The summed E-state index contributed by atoms with van der Waals surface area (Å²) in [6.45, 7) is 3.05. The van der Waals surface area contributed by atoms with Gasteiger partial charge >= 0.3 is 0 Å². The Labute approximate surface area is 146 Å². The zero-order valence-corrected chi connectivity index (χ0v) is 14.5. The number of nitrogens with one attached hydrogen (secondary N) is 1. The molecule has 1 aliphatic heterocycles. The summed E-state index contributed by atoms with van der Waals surface area (Å²) in [6, 6.07) is 9.62. The number of benzene rings is 1. The number of piperidine rings is 1. The van der Waals surface area contributed by atoms with Gasteiger partial charge < -0.3 is 9.88 Å². The van der Waals surface area contributed by atoms with Gasteiger partial charge in [-0.3, -0.25) is 9.48 Å². The first kappa shape index (κ1) is 16.0. The van der Waals surface area contributed by atoms with Crippen molar-refractivity contribution < 1.29 is 0 Å². The molecular weight excluding hydrogens is 314 g/mol. The molecule has 6 heteroatoms. The number of nitrogens with zero attached hydrogens (tertiary/aromatic N) is 4. The lowest BCUT2D eigenvalue weighted by Crippen LogP contribution is -2.36. The second-order valence-electron chi connectivity index (χ2n) is 6.80. The number of para-hydroxylation sites is 1. The van der Waals surface area contributed by atoms with Crippen LogP contribution >= 0.6 is 0 Å². The molecule has 1 N–H and O–H groups in total. The average molecular weight is 337 g/mol. The first-order chi connectivity index (χ1) is 12.2. The lowest BCUT2D eigenvalue weighted by atomic mass is 9.94. The summed E-state index contributed by atoms with van der Waals surface area (Å²) in [5.74, 6) is 1.30. The fourth-order valence-electron chi connectivity index (χ4n) is 3.80. The smallest absolute Gasteiger partial charge is 0.258 e. The van der Waals surface area contributed by atoms with Crippen molar-refractivity contribution in [1.29, 1.82) is 0 Å². The Bertz CT molecular complexity index is 929. The summed E-state index contributed by atoms with van der Waals surface area (Å²) >= 11 is 0. The van der Waals surface area contributed by atoms with E-state index in [9.17, 15) is 4.79 Å². The maximum absolute atomic E-state index is 12.2. The first-order valence-corrected chi connectivity index (χ1v) is 8.89. The van der Waals surface area contributed by atoms with Crippen molar-refractivity contribution in [2.24, 2.45) is 7.05 Å². The Hall–Kier alpha value is -2.47. The Morgan fingerprint density at radius 1 is 1.28 bits per heavy atom. The van der Waals surface area contributed by atoms with Crippen LogP contribution in [0.15, 0.2) is 41.3 Å². The van der Waals surface area contributed by atoms with E-state index in [1.54, 1.807) is 0 Å². The molecule has 1 atom stereocenters. The number of likely N-dealkylation sites (tertiary alicyclic amines) is 1. The van der Waals surface area contributed by atoms with E-state index in [0.29, 0.717) is 11.3 Å². The standard InChI is InChI=1S/C19H23N5O/c1-23-17(8-10-20-23)14-5-4-11-24(13-14)12-9-18-21-16-7-3-2-6-15(16)19(25)22-18/h2-3,6-8,10,14H,4-5,9,11-13H2,1H3,(H,21,22,25)/t14-/m0/s1. The van der Waals surface area contributed by atoms with E-state index in [2.05, 4.69) is 26.0 Å². The molecular formula is C19H23N5O. The highest BCUT2D eigenvalue weighted by molar-refractivity contribution is 5.77. The monoisotopic (exact) mass is 337 g/mol. The normalized spacial score (nSPS) is 18.7. The van der Waals surface area contributed by atoms with Crippen LogP contribution in [-0.4, -0.2) is 44.3 Å². The molecule has 0 aliphatic carbocycles. The van der Waals surface area contributed by atoms with Crippen LogP contribution in [0.5, 0.6) is 0 Å². The lowest BCUT2D eigenvalue weighted by Gasteiger charge is -2.32. The fraction of sp³-hybridized carbons (Fsp3) is 0.421. The molecule has 0 saturated carbocycles.